The van der Waals surface area contributed by atoms with E-state index in [2.05, 4.69) is 145 Å². The lowest BCUT2D eigenvalue weighted by Crippen LogP contribution is -2.28. The maximum atomic E-state index is 9.19. The number of nitrogens with zero attached hydrogens (tertiary/aromatic N) is 1. The van der Waals surface area contributed by atoms with Crippen molar-refractivity contribution in [1.82, 2.24) is 0 Å². The lowest BCUT2D eigenvalue weighted by molar-refractivity contribution is 0.360. The average Bonchev–Trinajstić information content (AvgIpc) is 3.51. The first-order chi connectivity index (χ1) is 25.6. The monoisotopic (exact) mass is 671 g/mol. The summed E-state index contributed by atoms with van der Waals surface area (Å²) in [5, 5.41) is 11.6. The van der Waals surface area contributed by atoms with E-state index in [0.29, 0.717) is 34.4 Å². The predicted molar refractivity (Wildman–Crippen MR) is 209 cm³/mol. The molecule has 7 aromatic rings. The molecule has 2 aliphatic carbocycles. The number of para-hydroxylation sites is 1. The Morgan fingerprint density at radius 3 is 2.17 bits per heavy atom. The molecule has 0 radical (unpaired) electrons. The molecule has 248 valence electrons. The lowest BCUT2D eigenvalue weighted by Gasteiger charge is -2.34. The number of hydrogen-bond donors (Lipinski definition) is 2. The van der Waals surface area contributed by atoms with Gasteiger partial charge < -0.3 is 15.2 Å². The third kappa shape index (κ3) is 4.42. The van der Waals surface area contributed by atoms with Crippen molar-refractivity contribution >= 4 is 28.5 Å². The zero-order valence-electron chi connectivity index (χ0n) is 28.2. The Morgan fingerprint density at radius 1 is 0.654 bits per heavy atom. The van der Waals surface area contributed by atoms with Gasteiger partial charge in [-0.3, -0.25) is 5.41 Å². The van der Waals surface area contributed by atoms with Crippen molar-refractivity contribution in [3.05, 3.63) is 197 Å². The summed E-state index contributed by atoms with van der Waals surface area (Å²) >= 11 is 0. The fourth-order valence-electron chi connectivity index (χ4n) is 8.48. The molecule has 0 fully saturated rings. The van der Waals surface area contributed by atoms with Crippen LogP contribution in [0.15, 0.2) is 163 Å². The van der Waals surface area contributed by atoms with Crippen LogP contribution in [-0.2, 0) is 11.8 Å². The van der Waals surface area contributed by atoms with Gasteiger partial charge in [0.15, 0.2) is 28.8 Å². The van der Waals surface area contributed by atoms with Crippen LogP contribution in [0.2, 0.25) is 0 Å². The van der Waals surface area contributed by atoms with Crippen molar-refractivity contribution in [2.45, 2.75) is 11.8 Å². The summed E-state index contributed by atoms with van der Waals surface area (Å²) in [6, 6.07) is 52.4. The standard InChI is InChI=1S/C47H33N3O2/c48-45(31-24-25-35-30(28-31)23-22-29-12-7-8-17-34(29)35)50-46(49)37-19-11-21-40-43(37)52-44-41(51-40)27-26-39-42(44)36-18-9-10-20-38(36)47(39,32-13-3-1-4-14-32)33-15-5-2-6-16-33/h1-27,31H,28H2,(H3,48,49,50). The summed E-state index contributed by atoms with van der Waals surface area (Å²) < 4.78 is 13.5. The van der Waals surface area contributed by atoms with Crippen LogP contribution in [0.5, 0.6) is 23.0 Å². The van der Waals surface area contributed by atoms with E-state index in [0.717, 1.165) is 23.1 Å². The van der Waals surface area contributed by atoms with Gasteiger partial charge in [-0.25, -0.2) is 4.99 Å². The molecule has 3 aliphatic rings. The molecule has 0 amide bonds. The lowest BCUT2D eigenvalue weighted by atomic mass is 9.68. The van der Waals surface area contributed by atoms with Crippen LogP contribution in [0, 0.1) is 11.3 Å². The van der Waals surface area contributed by atoms with E-state index >= 15 is 0 Å². The second-order valence-electron chi connectivity index (χ2n) is 13.6. The Bertz CT molecular complexity index is 2600. The van der Waals surface area contributed by atoms with E-state index in [4.69, 9.17) is 15.2 Å². The molecule has 0 spiro atoms. The molecule has 1 heterocycles. The first-order valence-corrected chi connectivity index (χ1v) is 17.6. The molecule has 5 nitrogen and oxygen atoms in total. The van der Waals surface area contributed by atoms with Gasteiger partial charge in [-0.15, -0.1) is 0 Å². The molecule has 0 saturated heterocycles. The first-order valence-electron chi connectivity index (χ1n) is 17.6. The Hall–Kier alpha value is -6.72. The smallest absolute Gasteiger partial charge is 0.181 e. The summed E-state index contributed by atoms with van der Waals surface area (Å²) in [6.45, 7) is 0. The Balaban J connectivity index is 1.05. The molecule has 1 aliphatic heterocycles. The summed E-state index contributed by atoms with van der Waals surface area (Å²) in [4.78, 5) is 4.67. The van der Waals surface area contributed by atoms with E-state index in [9.17, 15) is 5.41 Å². The number of benzene rings is 7. The molecule has 0 saturated carbocycles. The topological polar surface area (TPSA) is 80.7 Å². The zero-order chi connectivity index (χ0) is 34.8. The van der Waals surface area contributed by atoms with Crippen LogP contribution in [-0.4, -0.2) is 11.7 Å². The molecule has 0 bridgehead atoms. The number of nitrogens with two attached hydrogens (primary N) is 1. The summed E-state index contributed by atoms with van der Waals surface area (Å²) in [6.07, 6.45) is 4.96. The largest absolute Gasteiger partial charge is 0.449 e. The quantitative estimate of drug-likeness (QED) is 0.144. The summed E-state index contributed by atoms with van der Waals surface area (Å²) in [5.41, 5.74) is 15.7. The maximum absolute atomic E-state index is 9.19. The third-order valence-electron chi connectivity index (χ3n) is 10.8. The van der Waals surface area contributed by atoms with Crippen molar-refractivity contribution in [3.8, 4) is 34.1 Å². The minimum atomic E-state index is -0.573. The first kappa shape index (κ1) is 30.1. The molecule has 1 atom stereocenters. The van der Waals surface area contributed by atoms with E-state index in [-0.39, 0.29) is 11.8 Å². The van der Waals surface area contributed by atoms with Crippen molar-refractivity contribution in [1.29, 1.82) is 5.41 Å². The maximum Gasteiger partial charge on any atom is 0.181 e. The van der Waals surface area contributed by atoms with E-state index in [1.807, 2.05) is 24.3 Å². The Labute approximate surface area is 301 Å². The van der Waals surface area contributed by atoms with Gasteiger partial charge in [0.25, 0.3) is 0 Å². The number of fused-ring (bicyclic) bond motifs is 9. The highest BCUT2D eigenvalue weighted by molar-refractivity contribution is 6.08. The second-order valence-corrected chi connectivity index (χ2v) is 13.6. The highest BCUT2D eigenvalue weighted by Crippen LogP contribution is 2.62. The summed E-state index contributed by atoms with van der Waals surface area (Å²) in [5.74, 6) is 2.52. The second kappa shape index (κ2) is 11.7. The van der Waals surface area contributed by atoms with Gasteiger partial charge in [-0.1, -0.05) is 146 Å². The van der Waals surface area contributed by atoms with E-state index < -0.39 is 5.41 Å². The van der Waals surface area contributed by atoms with Gasteiger partial charge in [0.2, 0.25) is 0 Å². The SMILES string of the molecule is N=C(N=C(N)C1C=Cc2c(ccc3ccccc23)C1)c1cccc2c1Oc1c(ccc3c1-c1ccccc1C3(c1ccccc1)c1ccccc1)O2. The highest BCUT2D eigenvalue weighted by atomic mass is 16.6. The molecule has 5 heteroatoms. The van der Waals surface area contributed by atoms with Crippen molar-refractivity contribution in [3.63, 3.8) is 0 Å². The molecular weight excluding hydrogens is 639 g/mol. The molecule has 7 aromatic carbocycles. The van der Waals surface area contributed by atoms with Crippen LogP contribution in [0.1, 0.15) is 38.9 Å². The van der Waals surface area contributed by atoms with Gasteiger partial charge in [0, 0.05) is 11.5 Å². The molecule has 52 heavy (non-hydrogen) atoms. The highest BCUT2D eigenvalue weighted by Gasteiger charge is 2.48. The minimum absolute atomic E-state index is 0.0232. The molecule has 3 N–H and O–H groups in total. The molecule has 0 aromatic heterocycles. The van der Waals surface area contributed by atoms with Crippen LogP contribution in [0.3, 0.4) is 0 Å². The fraction of sp³-hybridized carbons (Fsp3) is 0.0638. The fourth-order valence-corrected chi connectivity index (χ4v) is 8.48. The van der Waals surface area contributed by atoms with Crippen LogP contribution >= 0.6 is 0 Å². The number of aliphatic imine (C=N–C) groups is 1. The van der Waals surface area contributed by atoms with Gasteiger partial charge in [-0.05, 0) is 74.3 Å². The third-order valence-corrected chi connectivity index (χ3v) is 10.8. The minimum Gasteiger partial charge on any atom is -0.449 e. The number of rotatable bonds is 4. The van der Waals surface area contributed by atoms with Crippen LogP contribution in [0.4, 0.5) is 0 Å². The average molecular weight is 672 g/mol. The van der Waals surface area contributed by atoms with Crippen molar-refractivity contribution < 1.29 is 9.47 Å². The van der Waals surface area contributed by atoms with Gasteiger partial charge in [0.1, 0.15) is 5.84 Å². The van der Waals surface area contributed by atoms with Gasteiger partial charge in [-0.2, -0.15) is 0 Å². The normalized spacial score (nSPS) is 16.1. The number of hydrogen-bond acceptors (Lipinski definition) is 3. The van der Waals surface area contributed by atoms with Gasteiger partial charge >= 0.3 is 0 Å². The molecule has 1 unspecified atom stereocenters. The Morgan fingerprint density at radius 2 is 1.37 bits per heavy atom. The number of nitrogens with one attached hydrogen (secondary N) is 1. The van der Waals surface area contributed by atoms with Crippen molar-refractivity contribution in [2.75, 3.05) is 0 Å². The molecule has 10 rings (SSSR count). The number of ether oxygens (including phenoxy) is 2. The predicted octanol–water partition coefficient (Wildman–Crippen LogP) is 10.7. The van der Waals surface area contributed by atoms with E-state index in [1.54, 1.807) is 0 Å². The van der Waals surface area contributed by atoms with E-state index in [1.165, 1.54) is 38.6 Å². The van der Waals surface area contributed by atoms with Gasteiger partial charge in [0.05, 0.1) is 11.0 Å². The molecular formula is C47H33N3O2. The zero-order valence-corrected chi connectivity index (χ0v) is 28.2. The Kier molecular flexibility index (Phi) is 6.77. The van der Waals surface area contributed by atoms with Crippen LogP contribution < -0.4 is 15.2 Å². The van der Waals surface area contributed by atoms with Crippen LogP contribution in [0.25, 0.3) is 28.0 Å². The summed E-state index contributed by atoms with van der Waals surface area (Å²) in [7, 11) is 0. The van der Waals surface area contributed by atoms with Crippen molar-refractivity contribution in [2.24, 2.45) is 16.6 Å². The number of amidine groups is 2.